The maximum atomic E-state index is 11.3. The van der Waals surface area contributed by atoms with Crippen LogP contribution < -0.4 is 5.32 Å². The molecule has 4 heteroatoms. The zero-order valence-electron chi connectivity index (χ0n) is 10.0. The second kappa shape index (κ2) is 7.65. The molecule has 0 heterocycles. The van der Waals surface area contributed by atoms with Crippen molar-refractivity contribution in [2.24, 2.45) is 0 Å². The average molecular weight is 217 g/mol. The van der Waals surface area contributed by atoms with Crippen LogP contribution in [0.25, 0.3) is 0 Å². The van der Waals surface area contributed by atoms with E-state index in [1.54, 1.807) is 6.92 Å². The number of hydrogen-bond acceptors (Lipinski definition) is 3. The fourth-order valence-electron chi connectivity index (χ4n) is 1.31. The minimum Gasteiger partial charge on any atom is -0.388 e. The van der Waals surface area contributed by atoms with E-state index in [-0.39, 0.29) is 5.91 Å². The highest BCUT2D eigenvalue weighted by molar-refractivity contribution is 5.76. The van der Waals surface area contributed by atoms with Crippen LogP contribution in [0.2, 0.25) is 0 Å². The lowest BCUT2D eigenvalue weighted by molar-refractivity contribution is -0.123. The van der Waals surface area contributed by atoms with Crippen LogP contribution in [0.5, 0.6) is 0 Å². The van der Waals surface area contributed by atoms with Crippen molar-refractivity contribution in [3.05, 3.63) is 0 Å². The fourth-order valence-corrected chi connectivity index (χ4v) is 1.31. The summed E-state index contributed by atoms with van der Waals surface area (Å²) in [5.74, 6) is -0.0696. The van der Waals surface area contributed by atoms with Crippen molar-refractivity contribution in [2.45, 2.75) is 45.6 Å². The van der Waals surface area contributed by atoms with Gasteiger partial charge >= 0.3 is 0 Å². The molecule has 0 spiro atoms. The van der Waals surface area contributed by atoms with E-state index in [1.807, 2.05) is 13.8 Å². The quantitative estimate of drug-likeness (QED) is 0.598. The van der Waals surface area contributed by atoms with Gasteiger partial charge in [-0.3, -0.25) is 4.79 Å². The molecule has 0 rings (SSSR count). The van der Waals surface area contributed by atoms with Crippen molar-refractivity contribution in [3.8, 4) is 0 Å². The van der Waals surface area contributed by atoms with Gasteiger partial charge in [0.05, 0.1) is 12.2 Å². The highest BCUT2D eigenvalue weighted by Gasteiger charge is 2.19. The summed E-state index contributed by atoms with van der Waals surface area (Å²) in [5.41, 5.74) is -0.796. The summed E-state index contributed by atoms with van der Waals surface area (Å²) in [5, 5.41) is 12.5. The van der Waals surface area contributed by atoms with Gasteiger partial charge in [0.2, 0.25) is 5.91 Å². The summed E-state index contributed by atoms with van der Waals surface area (Å²) in [6.07, 6.45) is 1.95. The SMILES string of the molecule is CCCC(C)(O)CNC(=O)CCOCC. The lowest BCUT2D eigenvalue weighted by Crippen LogP contribution is -2.40. The van der Waals surface area contributed by atoms with E-state index in [1.165, 1.54) is 0 Å². The van der Waals surface area contributed by atoms with E-state index >= 15 is 0 Å². The zero-order chi connectivity index (χ0) is 11.7. The van der Waals surface area contributed by atoms with Gasteiger partial charge in [-0.1, -0.05) is 13.3 Å². The first-order valence-corrected chi connectivity index (χ1v) is 5.58. The van der Waals surface area contributed by atoms with Gasteiger partial charge in [0.1, 0.15) is 0 Å². The van der Waals surface area contributed by atoms with Gasteiger partial charge in [-0.05, 0) is 20.3 Å². The molecule has 15 heavy (non-hydrogen) atoms. The molecule has 0 aromatic heterocycles. The molecule has 90 valence electrons. The Hall–Kier alpha value is -0.610. The molecule has 2 N–H and O–H groups in total. The molecule has 0 aliphatic rings. The number of carbonyl (C=O) groups excluding carboxylic acids is 1. The van der Waals surface area contributed by atoms with Crippen LogP contribution in [0.4, 0.5) is 0 Å². The number of rotatable bonds is 8. The van der Waals surface area contributed by atoms with Crippen LogP contribution in [-0.2, 0) is 9.53 Å². The van der Waals surface area contributed by atoms with Crippen LogP contribution in [0, 0.1) is 0 Å². The Bertz CT molecular complexity index is 181. The molecule has 0 aromatic rings. The Balaban J connectivity index is 3.60. The summed E-state index contributed by atoms with van der Waals surface area (Å²) in [6, 6.07) is 0. The maximum absolute atomic E-state index is 11.3. The van der Waals surface area contributed by atoms with E-state index in [9.17, 15) is 9.90 Å². The summed E-state index contributed by atoms with van der Waals surface area (Å²) >= 11 is 0. The number of carbonyl (C=O) groups is 1. The number of hydrogen-bond donors (Lipinski definition) is 2. The van der Waals surface area contributed by atoms with E-state index in [2.05, 4.69) is 5.32 Å². The van der Waals surface area contributed by atoms with Gasteiger partial charge in [-0.25, -0.2) is 0 Å². The van der Waals surface area contributed by atoms with Crippen molar-refractivity contribution >= 4 is 5.91 Å². The largest absolute Gasteiger partial charge is 0.388 e. The summed E-state index contributed by atoms with van der Waals surface area (Å²) < 4.78 is 5.06. The molecule has 0 radical (unpaired) electrons. The van der Waals surface area contributed by atoms with Gasteiger partial charge < -0.3 is 15.2 Å². The monoisotopic (exact) mass is 217 g/mol. The first-order chi connectivity index (χ1) is 7.02. The zero-order valence-corrected chi connectivity index (χ0v) is 10.0. The van der Waals surface area contributed by atoms with Gasteiger partial charge in [0.15, 0.2) is 0 Å². The first-order valence-electron chi connectivity index (χ1n) is 5.58. The van der Waals surface area contributed by atoms with Crippen molar-refractivity contribution in [1.82, 2.24) is 5.32 Å². The van der Waals surface area contributed by atoms with Crippen molar-refractivity contribution in [2.75, 3.05) is 19.8 Å². The number of aliphatic hydroxyl groups is 1. The summed E-state index contributed by atoms with van der Waals surface area (Å²) in [6.45, 7) is 7.01. The molecule has 0 saturated heterocycles. The maximum Gasteiger partial charge on any atom is 0.222 e. The predicted octanol–water partition coefficient (Wildman–Crippen LogP) is 1.08. The third-order valence-electron chi connectivity index (χ3n) is 2.13. The standard InChI is InChI=1S/C11H23NO3/c1-4-7-11(3,14)9-12-10(13)6-8-15-5-2/h14H,4-9H2,1-3H3,(H,12,13). The molecular formula is C11H23NO3. The smallest absolute Gasteiger partial charge is 0.222 e. The van der Waals surface area contributed by atoms with Gasteiger partial charge in [-0.2, -0.15) is 0 Å². The lowest BCUT2D eigenvalue weighted by Gasteiger charge is -2.22. The summed E-state index contributed by atoms with van der Waals surface area (Å²) in [7, 11) is 0. The van der Waals surface area contributed by atoms with Crippen LogP contribution in [0.15, 0.2) is 0 Å². The highest BCUT2D eigenvalue weighted by Crippen LogP contribution is 2.09. The van der Waals surface area contributed by atoms with E-state index in [4.69, 9.17) is 4.74 Å². The Labute approximate surface area is 92.0 Å². The third-order valence-corrected chi connectivity index (χ3v) is 2.13. The Kier molecular flexibility index (Phi) is 7.34. The third kappa shape index (κ3) is 8.39. The molecule has 0 saturated carbocycles. The normalized spacial score (nSPS) is 14.7. The molecule has 0 aromatic carbocycles. The minimum atomic E-state index is -0.796. The molecular weight excluding hydrogens is 194 g/mol. The molecule has 0 aliphatic carbocycles. The van der Waals surface area contributed by atoms with Crippen LogP contribution in [-0.4, -0.2) is 36.4 Å². The molecule has 0 aliphatic heterocycles. The molecule has 1 atom stereocenters. The van der Waals surface area contributed by atoms with E-state index in [0.29, 0.717) is 32.6 Å². The first kappa shape index (κ1) is 14.4. The van der Waals surface area contributed by atoms with Gasteiger partial charge in [0.25, 0.3) is 0 Å². The van der Waals surface area contributed by atoms with Gasteiger partial charge in [-0.15, -0.1) is 0 Å². The lowest BCUT2D eigenvalue weighted by atomic mass is 10.0. The van der Waals surface area contributed by atoms with Crippen molar-refractivity contribution < 1.29 is 14.6 Å². The second-order valence-corrected chi connectivity index (χ2v) is 3.97. The van der Waals surface area contributed by atoms with Crippen molar-refractivity contribution in [3.63, 3.8) is 0 Å². The van der Waals surface area contributed by atoms with Crippen molar-refractivity contribution in [1.29, 1.82) is 0 Å². The fraction of sp³-hybridized carbons (Fsp3) is 0.909. The molecule has 0 bridgehead atoms. The summed E-state index contributed by atoms with van der Waals surface area (Å²) in [4.78, 5) is 11.3. The topological polar surface area (TPSA) is 58.6 Å². The minimum absolute atomic E-state index is 0.0696. The second-order valence-electron chi connectivity index (χ2n) is 3.97. The van der Waals surface area contributed by atoms with E-state index < -0.39 is 5.60 Å². The number of amides is 1. The van der Waals surface area contributed by atoms with Gasteiger partial charge in [0, 0.05) is 19.6 Å². The predicted molar refractivity (Wildman–Crippen MR) is 59.7 cm³/mol. The number of ether oxygens (including phenoxy) is 1. The molecule has 4 nitrogen and oxygen atoms in total. The molecule has 1 amide bonds. The Morgan fingerprint density at radius 1 is 1.47 bits per heavy atom. The van der Waals surface area contributed by atoms with Crippen LogP contribution >= 0.6 is 0 Å². The number of nitrogens with one attached hydrogen (secondary N) is 1. The Morgan fingerprint density at radius 3 is 2.67 bits per heavy atom. The van der Waals surface area contributed by atoms with Crippen LogP contribution in [0.1, 0.15) is 40.0 Å². The average Bonchev–Trinajstić information content (AvgIpc) is 2.15. The highest BCUT2D eigenvalue weighted by atomic mass is 16.5. The van der Waals surface area contributed by atoms with Crippen LogP contribution in [0.3, 0.4) is 0 Å². The Morgan fingerprint density at radius 2 is 2.13 bits per heavy atom. The molecule has 0 fully saturated rings. The van der Waals surface area contributed by atoms with E-state index in [0.717, 1.165) is 6.42 Å². The molecule has 1 unspecified atom stereocenters.